The highest BCUT2D eigenvalue weighted by atomic mass is 79.9. The molecular weight excluding hydrogens is 377 g/mol. The fraction of sp³-hybridized carbons (Fsp3) is 0.222. The van der Waals surface area contributed by atoms with E-state index in [0.717, 1.165) is 10.0 Å². The lowest BCUT2D eigenvalue weighted by Gasteiger charge is -2.17. The molecule has 1 atom stereocenters. The first kappa shape index (κ1) is 18.1. The molecule has 2 aromatic rings. The summed E-state index contributed by atoms with van der Waals surface area (Å²) in [5, 5.41) is 2.65. The smallest absolute Gasteiger partial charge is 0.328 e. The van der Waals surface area contributed by atoms with Crippen molar-refractivity contribution in [3.05, 3.63) is 69.9 Å². The lowest BCUT2D eigenvalue weighted by atomic mass is 10.1. The van der Waals surface area contributed by atoms with Gasteiger partial charge in [-0.1, -0.05) is 46.3 Å². The molecule has 0 radical (unpaired) electrons. The monoisotopic (exact) mass is 393 g/mol. The molecule has 0 aliphatic heterocycles. The van der Waals surface area contributed by atoms with E-state index in [2.05, 4.69) is 21.2 Å². The first-order valence-corrected chi connectivity index (χ1v) is 8.14. The van der Waals surface area contributed by atoms with Gasteiger partial charge in [0.05, 0.1) is 13.5 Å². The summed E-state index contributed by atoms with van der Waals surface area (Å²) in [5.41, 5.74) is 1.41. The first-order valence-electron chi connectivity index (χ1n) is 7.34. The van der Waals surface area contributed by atoms with E-state index >= 15 is 0 Å². The van der Waals surface area contributed by atoms with E-state index in [1.165, 1.54) is 25.3 Å². The van der Waals surface area contributed by atoms with Gasteiger partial charge >= 0.3 is 5.97 Å². The quantitative estimate of drug-likeness (QED) is 0.767. The SMILES string of the molecule is COC(=O)[C@@H](Cc1ccccc1Br)NC(=O)Cc1cccc(F)c1. The molecule has 0 aromatic heterocycles. The number of benzene rings is 2. The minimum Gasteiger partial charge on any atom is -0.467 e. The molecule has 24 heavy (non-hydrogen) atoms. The number of rotatable bonds is 6. The van der Waals surface area contributed by atoms with Gasteiger partial charge in [0.2, 0.25) is 5.91 Å². The molecule has 1 N–H and O–H groups in total. The molecule has 2 rings (SSSR count). The Morgan fingerprint density at radius 3 is 2.62 bits per heavy atom. The maximum Gasteiger partial charge on any atom is 0.328 e. The molecule has 0 heterocycles. The third-order valence-corrected chi connectivity index (χ3v) is 4.23. The summed E-state index contributed by atoms with van der Waals surface area (Å²) < 4.78 is 18.8. The molecule has 0 bridgehead atoms. The molecule has 0 saturated carbocycles. The van der Waals surface area contributed by atoms with Gasteiger partial charge in [-0.05, 0) is 29.3 Å². The summed E-state index contributed by atoms with van der Waals surface area (Å²) in [6.45, 7) is 0. The molecule has 0 unspecified atom stereocenters. The van der Waals surface area contributed by atoms with Crippen molar-refractivity contribution in [3.8, 4) is 0 Å². The summed E-state index contributed by atoms with van der Waals surface area (Å²) in [4.78, 5) is 24.1. The Morgan fingerprint density at radius 1 is 1.21 bits per heavy atom. The zero-order valence-electron chi connectivity index (χ0n) is 13.1. The number of halogens is 2. The molecule has 0 saturated heterocycles. The average Bonchev–Trinajstić information content (AvgIpc) is 2.55. The van der Waals surface area contributed by atoms with Crippen LogP contribution in [0.3, 0.4) is 0 Å². The number of ether oxygens (including phenoxy) is 1. The van der Waals surface area contributed by atoms with Crippen LogP contribution in [0.5, 0.6) is 0 Å². The molecular formula is C18H17BrFNO3. The predicted molar refractivity (Wildman–Crippen MR) is 91.9 cm³/mol. The third kappa shape index (κ3) is 5.16. The summed E-state index contributed by atoms with van der Waals surface area (Å²) >= 11 is 3.42. The molecule has 126 valence electrons. The number of amides is 1. The Hall–Kier alpha value is -2.21. The molecule has 0 aliphatic carbocycles. The van der Waals surface area contributed by atoms with Crippen LogP contribution in [0.15, 0.2) is 53.0 Å². The van der Waals surface area contributed by atoms with Gasteiger partial charge in [0, 0.05) is 10.9 Å². The molecule has 0 fully saturated rings. The van der Waals surface area contributed by atoms with Crippen LogP contribution in [0.25, 0.3) is 0 Å². The Kier molecular flexibility index (Phi) is 6.49. The molecule has 6 heteroatoms. The van der Waals surface area contributed by atoms with Crippen LogP contribution < -0.4 is 5.32 Å². The first-order chi connectivity index (χ1) is 11.5. The van der Waals surface area contributed by atoms with E-state index in [0.29, 0.717) is 12.0 Å². The second kappa shape index (κ2) is 8.59. The van der Waals surface area contributed by atoms with Crippen molar-refractivity contribution < 1.29 is 18.7 Å². The van der Waals surface area contributed by atoms with Gasteiger partial charge in [-0.15, -0.1) is 0 Å². The zero-order valence-corrected chi connectivity index (χ0v) is 14.7. The number of esters is 1. The Bertz CT molecular complexity index is 736. The van der Waals surface area contributed by atoms with Crippen molar-refractivity contribution in [2.24, 2.45) is 0 Å². The fourth-order valence-electron chi connectivity index (χ4n) is 2.30. The number of carbonyl (C=O) groups is 2. The van der Waals surface area contributed by atoms with Gasteiger partial charge < -0.3 is 10.1 Å². The van der Waals surface area contributed by atoms with Crippen LogP contribution >= 0.6 is 15.9 Å². The minimum absolute atomic E-state index is 0.0127. The van der Waals surface area contributed by atoms with Crippen LogP contribution in [0.4, 0.5) is 4.39 Å². The zero-order chi connectivity index (χ0) is 17.5. The lowest BCUT2D eigenvalue weighted by molar-refractivity contribution is -0.145. The Morgan fingerprint density at radius 2 is 1.96 bits per heavy atom. The van der Waals surface area contributed by atoms with Crippen LogP contribution in [-0.2, 0) is 27.2 Å². The Labute approximate surface area is 148 Å². The van der Waals surface area contributed by atoms with Gasteiger partial charge in [-0.3, -0.25) is 4.79 Å². The van der Waals surface area contributed by atoms with E-state index in [-0.39, 0.29) is 12.3 Å². The number of hydrogen-bond donors (Lipinski definition) is 1. The molecule has 1 amide bonds. The number of hydrogen-bond acceptors (Lipinski definition) is 3. The molecule has 4 nitrogen and oxygen atoms in total. The summed E-state index contributed by atoms with van der Waals surface area (Å²) in [7, 11) is 1.27. The maximum atomic E-state index is 13.2. The minimum atomic E-state index is -0.810. The highest BCUT2D eigenvalue weighted by Crippen LogP contribution is 2.18. The molecule has 0 spiro atoms. The number of carbonyl (C=O) groups excluding carboxylic acids is 2. The largest absolute Gasteiger partial charge is 0.467 e. The van der Waals surface area contributed by atoms with Gasteiger partial charge in [0.15, 0.2) is 0 Å². The van der Waals surface area contributed by atoms with Crippen LogP contribution in [0.2, 0.25) is 0 Å². The van der Waals surface area contributed by atoms with E-state index in [1.54, 1.807) is 6.07 Å². The van der Waals surface area contributed by atoms with Crippen molar-refractivity contribution >= 4 is 27.8 Å². The van der Waals surface area contributed by atoms with E-state index in [9.17, 15) is 14.0 Å². The second-order valence-corrected chi connectivity index (χ2v) is 6.10. The standard InChI is InChI=1S/C18H17BrFNO3/c1-24-18(23)16(11-13-6-2-3-8-15(13)19)21-17(22)10-12-5-4-7-14(20)9-12/h2-9,16H,10-11H2,1H3,(H,21,22)/t16-/m1/s1. The van der Waals surface area contributed by atoms with Gasteiger partial charge in [-0.2, -0.15) is 0 Å². The summed E-state index contributed by atoms with van der Waals surface area (Å²) in [5.74, 6) is -1.31. The van der Waals surface area contributed by atoms with E-state index < -0.39 is 17.8 Å². The second-order valence-electron chi connectivity index (χ2n) is 5.25. The van der Waals surface area contributed by atoms with Crippen LogP contribution in [-0.4, -0.2) is 25.0 Å². The normalized spacial score (nSPS) is 11.6. The fourth-order valence-corrected chi connectivity index (χ4v) is 2.74. The van der Waals surface area contributed by atoms with E-state index in [4.69, 9.17) is 4.74 Å². The van der Waals surface area contributed by atoms with E-state index in [1.807, 2.05) is 24.3 Å². The lowest BCUT2D eigenvalue weighted by Crippen LogP contribution is -2.43. The number of methoxy groups -OCH3 is 1. The average molecular weight is 394 g/mol. The predicted octanol–water partition coefficient (Wildman–Crippen LogP) is 3.03. The van der Waals surface area contributed by atoms with Crippen molar-refractivity contribution in [1.29, 1.82) is 0 Å². The topological polar surface area (TPSA) is 55.4 Å². The maximum absolute atomic E-state index is 13.2. The third-order valence-electron chi connectivity index (χ3n) is 3.46. The number of nitrogens with one attached hydrogen (secondary N) is 1. The summed E-state index contributed by atoms with van der Waals surface area (Å²) in [6.07, 6.45) is 0.282. The van der Waals surface area contributed by atoms with Crippen molar-refractivity contribution in [2.75, 3.05) is 7.11 Å². The van der Waals surface area contributed by atoms with Crippen LogP contribution in [0.1, 0.15) is 11.1 Å². The van der Waals surface area contributed by atoms with Gasteiger partial charge in [0.1, 0.15) is 11.9 Å². The summed E-state index contributed by atoms with van der Waals surface area (Å²) in [6, 6.07) is 12.4. The van der Waals surface area contributed by atoms with Gasteiger partial charge in [-0.25, -0.2) is 9.18 Å². The van der Waals surface area contributed by atoms with Crippen LogP contribution in [0, 0.1) is 5.82 Å². The van der Waals surface area contributed by atoms with Crippen molar-refractivity contribution in [3.63, 3.8) is 0 Å². The van der Waals surface area contributed by atoms with Crippen molar-refractivity contribution in [2.45, 2.75) is 18.9 Å². The molecule has 2 aromatic carbocycles. The highest BCUT2D eigenvalue weighted by Gasteiger charge is 2.22. The van der Waals surface area contributed by atoms with Gasteiger partial charge in [0.25, 0.3) is 0 Å². The molecule has 0 aliphatic rings. The highest BCUT2D eigenvalue weighted by molar-refractivity contribution is 9.10. The Balaban J connectivity index is 2.07. The van der Waals surface area contributed by atoms with Crippen molar-refractivity contribution in [1.82, 2.24) is 5.32 Å².